The van der Waals surface area contributed by atoms with Crippen LogP contribution in [0.2, 0.25) is 0 Å². The molecular weight excluding hydrogens is 373 g/mol. The third-order valence-electron chi connectivity index (χ3n) is 4.30. The predicted molar refractivity (Wildman–Crippen MR) is 104 cm³/mol. The number of nitrogens with two attached hydrogens (primary N) is 1. The second-order valence-electron chi connectivity index (χ2n) is 6.27. The van der Waals surface area contributed by atoms with Gasteiger partial charge in [0.1, 0.15) is 11.4 Å². The van der Waals surface area contributed by atoms with Crippen LogP contribution in [0, 0.1) is 5.82 Å². The Kier molecular flexibility index (Phi) is 6.90. The molecule has 2 amide bonds. The Labute approximate surface area is 162 Å². The molecule has 0 spiro atoms. The van der Waals surface area contributed by atoms with Crippen molar-refractivity contribution in [1.29, 1.82) is 0 Å². The van der Waals surface area contributed by atoms with Crippen molar-refractivity contribution < 1.29 is 18.7 Å². The molecule has 1 aliphatic rings. The van der Waals surface area contributed by atoms with Crippen molar-refractivity contribution >= 4 is 35.6 Å². The number of benzene rings is 2. The van der Waals surface area contributed by atoms with Gasteiger partial charge in [-0.3, -0.25) is 9.59 Å². The molecule has 1 heterocycles. The molecule has 0 radical (unpaired) electrons. The quantitative estimate of drug-likeness (QED) is 0.744. The molecule has 2 aromatic rings. The lowest BCUT2D eigenvalue weighted by atomic mass is 9.90. The molecule has 4 N–H and O–H groups in total. The molecule has 0 aliphatic carbocycles. The number of anilines is 2. The molecular formula is C19H21ClFN3O3. The molecule has 6 nitrogen and oxygen atoms in total. The van der Waals surface area contributed by atoms with E-state index in [9.17, 15) is 14.0 Å². The maximum atomic E-state index is 13.2. The van der Waals surface area contributed by atoms with E-state index in [-0.39, 0.29) is 18.3 Å². The summed E-state index contributed by atoms with van der Waals surface area (Å²) in [6.45, 7) is 0.889. The molecule has 1 saturated heterocycles. The molecule has 0 bridgehead atoms. The van der Waals surface area contributed by atoms with E-state index >= 15 is 0 Å². The smallest absolute Gasteiger partial charge is 0.255 e. The highest BCUT2D eigenvalue weighted by Gasteiger charge is 2.35. The van der Waals surface area contributed by atoms with Crippen LogP contribution in [0.15, 0.2) is 48.5 Å². The third kappa shape index (κ3) is 5.26. The molecule has 8 heteroatoms. The van der Waals surface area contributed by atoms with Crippen LogP contribution >= 0.6 is 12.4 Å². The largest absolute Gasteiger partial charge is 0.381 e. The summed E-state index contributed by atoms with van der Waals surface area (Å²) in [6, 6.07) is 12.1. The molecule has 3 rings (SSSR count). The second-order valence-corrected chi connectivity index (χ2v) is 6.27. The van der Waals surface area contributed by atoms with Gasteiger partial charge in [0, 0.05) is 30.2 Å². The van der Waals surface area contributed by atoms with Crippen LogP contribution in [0.4, 0.5) is 15.8 Å². The van der Waals surface area contributed by atoms with Gasteiger partial charge < -0.3 is 21.1 Å². The van der Waals surface area contributed by atoms with Gasteiger partial charge in [-0.1, -0.05) is 12.1 Å². The first-order valence-electron chi connectivity index (χ1n) is 8.31. The Hall–Kier alpha value is -2.48. The van der Waals surface area contributed by atoms with Gasteiger partial charge >= 0.3 is 0 Å². The Morgan fingerprint density at radius 1 is 1.00 bits per heavy atom. The van der Waals surface area contributed by atoms with Crippen molar-refractivity contribution in [2.75, 3.05) is 23.8 Å². The average molecular weight is 394 g/mol. The molecule has 1 fully saturated rings. The van der Waals surface area contributed by atoms with Crippen molar-refractivity contribution in [3.05, 3.63) is 59.9 Å². The zero-order valence-corrected chi connectivity index (χ0v) is 15.4. The fraction of sp³-hybridized carbons (Fsp3) is 0.263. The van der Waals surface area contributed by atoms with Gasteiger partial charge in [-0.15, -0.1) is 12.4 Å². The molecule has 0 saturated carbocycles. The number of halogens is 2. The zero-order valence-electron chi connectivity index (χ0n) is 14.5. The number of amides is 2. The standard InChI is InChI=1S/C19H20FN3O3.ClH/c20-14-4-2-6-16(12-14)22-17(24)13-3-1-5-15(11-13)23-18(25)19(21)7-9-26-10-8-19;/h1-6,11-12H,7-10,21H2,(H,22,24)(H,23,25);1H. The van der Waals surface area contributed by atoms with Crippen LogP contribution in [0.3, 0.4) is 0 Å². The van der Waals surface area contributed by atoms with Crippen LogP contribution < -0.4 is 16.4 Å². The molecule has 1 aliphatic heterocycles. The van der Waals surface area contributed by atoms with Crippen molar-refractivity contribution in [2.45, 2.75) is 18.4 Å². The van der Waals surface area contributed by atoms with Crippen molar-refractivity contribution in [2.24, 2.45) is 5.73 Å². The first kappa shape index (κ1) is 20.8. The lowest BCUT2D eigenvalue weighted by Crippen LogP contribution is -2.54. The Morgan fingerprint density at radius 3 is 2.30 bits per heavy atom. The van der Waals surface area contributed by atoms with E-state index in [0.717, 1.165) is 0 Å². The molecule has 0 atom stereocenters. The molecule has 0 unspecified atom stereocenters. The second kappa shape index (κ2) is 8.94. The van der Waals surface area contributed by atoms with Gasteiger partial charge in [-0.2, -0.15) is 0 Å². The molecule has 144 valence electrons. The maximum absolute atomic E-state index is 13.2. The van der Waals surface area contributed by atoms with E-state index < -0.39 is 17.3 Å². The van der Waals surface area contributed by atoms with Crippen LogP contribution in [-0.4, -0.2) is 30.6 Å². The van der Waals surface area contributed by atoms with Gasteiger partial charge in [-0.25, -0.2) is 4.39 Å². The topological polar surface area (TPSA) is 93.5 Å². The minimum atomic E-state index is -0.974. The van der Waals surface area contributed by atoms with Gasteiger partial charge in [0.05, 0.1) is 0 Å². The Morgan fingerprint density at radius 2 is 1.63 bits per heavy atom. The normalized spacial score (nSPS) is 15.3. The first-order chi connectivity index (χ1) is 12.5. The van der Waals surface area contributed by atoms with Gasteiger partial charge in [-0.05, 0) is 49.2 Å². The summed E-state index contributed by atoms with van der Waals surface area (Å²) in [5, 5.41) is 5.38. The van der Waals surface area contributed by atoms with Crippen molar-refractivity contribution in [1.82, 2.24) is 0 Å². The zero-order chi connectivity index (χ0) is 18.6. The fourth-order valence-corrected chi connectivity index (χ4v) is 2.73. The van der Waals surface area contributed by atoms with Gasteiger partial charge in [0.25, 0.3) is 5.91 Å². The number of hydrogen-bond acceptors (Lipinski definition) is 4. The summed E-state index contributed by atoms with van der Waals surface area (Å²) in [7, 11) is 0. The molecule has 27 heavy (non-hydrogen) atoms. The summed E-state index contributed by atoms with van der Waals surface area (Å²) < 4.78 is 18.5. The lowest BCUT2D eigenvalue weighted by molar-refractivity contribution is -0.124. The summed E-state index contributed by atoms with van der Waals surface area (Å²) >= 11 is 0. The van der Waals surface area contributed by atoms with Gasteiger partial charge in [0.15, 0.2) is 0 Å². The Bertz CT molecular complexity index is 825. The van der Waals surface area contributed by atoms with E-state index in [1.54, 1.807) is 30.3 Å². The van der Waals surface area contributed by atoms with Gasteiger partial charge in [0.2, 0.25) is 5.91 Å². The van der Waals surface area contributed by atoms with E-state index in [1.807, 2.05) is 0 Å². The summed E-state index contributed by atoms with van der Waals surface area (Å²) in [4.78, 5) is 24.8. The summed E-state index contributed by atoms with van der Waals surface area (Å²) in [6.07, 6.45) is 0.886. The fourth-order valence-electron chi connectivity index (χ4n) is 2.73. The van der Waals surface area contributed by atoms with E-state index in [2.05, 4.69) is 10.6 Å². The van der Waals surface area contributed by atoms with Crippen molar-refractivity contribution in [3.63, 3.8) is 0 Å². The lowest BCUT2D eigenvalue weighted by Gasteiger charge is -2.31. The van der Waals surface area contributed by atoms with Crippen LogP contribution in [0.5, 0.6) is 0 Å². The number of ether oxygens (including phenoxy) is 1. The highest BCUT2D eigenvalue weighted by Crippen LogP contribution is 2.21. The minimum Gasteiger partial charge on any atom is -0.381 e. The number of carbonyl (C=O) groups excluding carboxylic acids is 2. The monoisotopic (exact) mass is 393 g/mol. The van der Waals surface area contributed by atoms with E-state index in [1.165, 1.54) is 18.2 Å². The van der Waals surface area contributed by atoms with E-state index in [4.69, 9.17) is 10.5 Å². The minimum absolute atomic E-state index is 0. The average Bonchev–Trinajstić information content (AvgIpc) is 2.62. The number of nitrogens with one attached hydrogen (secondary N) is 2. The third-order valence-corrected chi connectivity index (χ3v) is 4.30. The highest BCUT2D eigenvalue weighted by atomic mass is 35.5. The SMILES string of the molecule is Cl.NC1(C(=O)Nc2cccc(C(=O)Nc3cccc(F)c3)c2)CCOCC1. The molecule has 0 aromatic heterocycles. The summed E-state index contributed by atoms with van der Waals surface area (Å²) in [5.41, 5.74) is 6.35. The van der Waals surface area contributed by atoms with Crippen LogP contribution in [0.1, 0.15) is 23.2 Å². The number of rotatable bonds is 4. The predicted octanol–water partition coefficient (Wildman–Crippen LogP) is 2.95. The van der Waals surface area contributed by atoms with Crippen LogP contribution in [-0.2, 0) is 9.53 Å². The molecule has 2 aromatic carbocycles. The van der Waals surface area contributed by atoms with Crippen molar-refractivity contribution in [3.8, 4) is 0 Å². The highest BCUT2D eigenvalue weighted by molar-refractivity contribution is 6.05. The number of hydrogen-bond donors (Lipinski definition) is 3. The maximum Gasteiger partial charge on any atom is 0.255 e. The van der Waals surface area contributed by atoms with E-state index in [0.29, 0.717) is 43.0 Å². The number of carbonyl (C=O) groups is 2. The van der Waals surface area contributed by atoms with Crippen LogP contribution in [0.25, 0.3) is 0 Å². The first-order valence-corrected chi connectivity index (χ1v) is 8.31. The Balaban J connectivity index is 0.00000261. The summed E-state index contributed by atoms with van der Waals surface area (Å²) in [5.74, 6) is -1.14.